The Morgan fingerprint density at radius 2 is 1.26 bits per heavy atom. The van der Waals surface area contributed by atoms with E-state index < -0.39 is 0 Å². The monoisotopic (exact) mass is 440 g/mol. The maximum Gasteiger partial charge on any atom is 0.143 e. The topological polar surface area (TPSA) is 26.3 Å². The molecule has 6 aromatic rings. The molecular formula is C32H24O2. The van der Waals surface area contributed by atoms with Crippen molar-refractivity contribution in [2.45, 2.75) is 26.7 Å². The van der Waals surface area contributed by atoms with Crippen molar-refractivity contribution in [1.82, 2.24) is 0 Å². The van der Waals surface area contributed by atoms with Gasteiger partial charge in [0.05, 0.1) is 0 Å². The molecular weight excluding hydrogens is 416 g/mol. The van der Waals surface area contributed by atoms with Crippen molar-refractivity contribution in [3.05, 3.63) is 94.6 Å². The predicted molar refractivity (Wildman–Crippen MR) is 141 cm³/mol. The summed E-state index contributed by atoms with van der Waals surface area (Å²) in [5, 5.41) is 4.78. The van der Waals surface area contributed by atoms with E-state index in [0.717, 1.165) is 62.6 Å². The molecule has 0 unspecified atom stereocenters. The highest BCUT2D eigenvalue weighted by Crippen LogP contribution is 2.38. The second kappa shape index (κ2) is 7.23. The first kappa shape index (κ1) is 19.4. The van der Waals surface area contributed by atoms with E-state index in [1.165, 1.54) is 27.1 Å². The molecule has 7 rings (SSSR count). The van der Waals surface area contributed by atoms with Crippen LogP contribution in [0.2, 0.25) is 0 Å². The molecule has 0 aliphatic heterocycles. The summed E-state index contributed by atoms with van der Waals surface area (Å²) in [6, 6.07) is 26.0. The van der Waals surface area contributed by atoms with Gasteiger partial charge in [-0.3, -0.25) is 0 Å². The van der Waals surface area contributed by atoms with E-state index in [0.29, 0.717) is 0 Å². The van der Waals surface area contributed by atoms with E-state index in [-0.39, 0.29) is 0 Å². The van der Waals surface area contributed by atoms with Crippen LogP contribution in [0, 0.1) is 13.8 Å². The standard InChI is InChI=1S/C32H24O2/c1-19-14-25(31-27(16-19)23-10-3-5-12-29(23)33-31)21-8-7-9-22(18-21)26-15-20(2)17-28-24-11-4-6-13-30(24)34-32(26)28/h3,5,7-18H,4,6H2,1-2H3. The van der Waals surface area contributed by atoms with Crippen LogP contribution in [0.15, 0.2) is 81.6 Å². The van der Waals surface area contributed by atoms with Gasteiger partial charge in [0, 0.05) is 32.5 Å². The van der Waals surface area contributed by atoms with Crippen LogP contribution >= 0.6 is 0 Å². The zero-order valence-corrected chi connectivity index (χ0v) is 19.3. The van der Waals surface area contributed by atoms with Gasteiger partial charge in [0.2, 0.25) is 0 Å². The lowest BCUT2D eigenvalue weighted by Gasteiger charge is -2.09. The molecule has 1 aliphatic rings. The van der Waals surface area contributed by atoms with Gasteiger partial charge in [0.1, 0.15) is 22.2 Å². The molecule has 2 nitrogen and oxygen atoms in total. The van der Waals surface area contributed by atoms with E-state index in [1.807, 2.05) is 12.1 Å². The van der Waals surface area contributed by atoms with Crippen LogP contribution in [0.4, 0.5) is 0 Å². The first-order chi connectivity index (χ1) is 16.7. The molecule has 0 saturated carbocycles. The number of rotatable bonds is 2. The molecule has 0 bridgehead atoms. The van der Waals surface area contributed by atoms with Crippen LogP contribution in [0.5, 0.6) is 0 Å². The summed E-state index contributed by atoms with van der Waals surface area (Å²) in [5.74, 6) is 0. The minimum atomic E-state index is 0.926. The Hall–Kier alpha value is -4.04. The maximum absolute atomic E-state index is 6.40. The second-order valence-corrected chi connectivity index (χ2v) is 9.42. The van der Waals surface area contributed by atoms with E-state index in [4.69, 9.17) is 8.83 Å². The van der Waals surface area contributed by atoms with Gasteiger partial charge in [-0.25, -0.2) is 0 Å². The molecule has 2 heterocycles. The summed E-state index contributed by atoms with van der Waals surface area (Å²) >= 11 is 0. The number of hydrogen-bond donors (Lipinski definition) is 0. The fourth-order valence-corrected chi connectivity index (χ4v) is 5.44. The summed E-state index contributed by atoms with van der Waals surface area (Å²) in [6.07, 6.45) is 6.64. The van der Waals surface area contributed by atoms with Gasteiger partial charge in [0.15, 0.2) is 0 Å². The molecule has 0 amide bonds. The molecule has 4 aromatic carbocycles. The van der Waals surface area contributed by atoms with Gasteiger partial charge < -0.3 is 8.83 Å². The van der Waals surface area contributed by atoms with Crippen LogP contribution in [-0.4, -0.2) is 0 Å². The molecule has 0 radical (unpaired) electrons. The van der Waals surface area contributed by atoms with E-state index in [2.05, 4.69) is 86.7 Å². The van der Waals surface area contributed by atoms with Crippen molar-refractivity contribution in [2.75, 3.05) is 0 Å². The third-order valence-corrected chi connectivity index (χ3v) is 6.95. The third kappa shape index (κ3) is 2.88. The van der Waals surface area contributed by atoms with Gasteiger partial charge >= 0.3 is 0 Å². The summed E-state index contributed by atoms with van der Waals surface area (Å²) < 4.78 is 12.8. The van der Waals surface area contributed by atoms with Gasteiger partial charge in [-0.2, -0.15) is 0 Å². The van der Waals surface area contributed by atoms with Gasteiger partial charge in [0.25, 0.3) is 0 Å². The zero-order valence-electron chi connectivity index (χ0n) is 19.3. The van der Waals surface area contributed by atoms with Crippen LogP contribution in [-0.2, 0) is 0 Å². The Labute approximate surface area is 197 Å². The Kier molecular flexibility index (Phi) is 4.13. The smallest absolute Gasteiger partial charge is 0.143 e. The Balaban J connectivity index is 1.48. The Bertz CT molecular complexity index is 1880. The van der Waals surface area contributed by atoms with Crippen molar-refractivity contribution in [3.8, 4) is 22.3 Å². The molecule has 2 heteroatoms. The Morgan fingerprint density at radius 1 is 0.588 bits per heavy atom. The van der Waals surface area contributed by atoms with Gasteiger partial charge in [-0.15, -0.1) is 0 Å². The van der Waals surface area contributed by atoms with Crippen molar-refractivity contribution in [3.63, 3.8) is 0 Å². The predicted octanol–water partition coefficient (Wildman–Crippen LogP) is 7.64. The van der Waals surface area contributed by atoms with Crippen molar-refractivity contribution in [1.29, 1.82) is 0 Å². The highest BCUT2D eigenvalue weighted by Gasteiger charge is 2.16. The van der Waals surface area contributed by atoms with Gasteiger partial charge in [-0.1, -0.05) is 42.5 Å². The minimum Gasteiger partial charge on any atom is -0.456 e. The normalized spacial score (nSPS) is 13.2. The maximum atomic E-state index is 6.40. The lowest BCUT2D eigenvalue weighted by Crippen LogP contribution is -2.22. The van der Waals surface area contributed by atoms with E-state index >= 15 is 0 Å². The Morgan fingerprint density at radius 3 is 2.06 bits per heavy atom. The lowest BCUT2D eigenvalue weighted by atomic mass is 9.94. The molecule has 1 aliphatic carbocycles. The lowest BCUT2D eigenvalue weighted by molar-refractivity contribution is 0.572. The average molecular weight is 441 g/mol. The zero-order chi connectivity index (χ0) is 22.8. The van der Waals surface area contributed by atoms with Crippen molar-refractivity contribution < 1.29 is 8.83 Å². The number of hydrogen-bond acceptors (Lipinski definition) is 2. The quantitative estimate of drug-likeness (QED) is 0.277. The van der Waals surface area contributed by atoms with Crippen molar-refractivity contribution in [2.24, 2.45) is 0 Å². The van der Waals surface area contributed by atoms with E-state index in [9.17, 15) is 0 Å². The first-order valence-corrected chi connectivity index (χ1v) is 11.9. The summed E-state index contributed by atoms with van der Waals surface area (Å²) in [4.78, 5) is 0. The summed E-state index contributed by atoms with van der Waals surface area (Å²) in [5.41, 5.74) is 10.9. The van der Waals surface area contributed by atoms with E-state index in [1.54, 1.807) is 0 Å². The highest BCUT2D eigenvalue weighted by molar-refractivity contribution is 6.10. The summed E-state index contributed by atoms with van der Waals surface area (Å²) in [7, 11) is 0. The van der Waals surface area contributed by atoms with Crippen LogP contribution < -0.4 is 10.6 Å². The molecule has 0 N–H and O–H groups in total. The third-order valence-electron chi connectivity index (χ3n) is 6.95. The fraction of sp³-hybridized carbons (Fsp3) is 0.125. The average Bonchev–Trinajstić information content (AvgIpc) is 3.42. The molecule has 34 heavy (non-hydrogen) atoms. The van der Waals surface area contributed by atoms with Crippen LogP contribution in [0.3, 0.4) is 0 Å². The number of furan rings is 2. The number of aryl methyl sites for hydroxylation is 2. The number of benzene rings is 4. The van der Waals surface area contributed by atoms with Crippen LogP contribution in [0.1, 0.15) is 24.0 Å². The second-order valence-electron chi connectivity index (χ2n) is 9.42. The molecule has 0 saturated heterocycles. The van der Waals surface area contributed by atoms with Crippen molar-refractivity contribution >= 4 is 45.1 Å². The van der Waals surface area contributed by atoms with Crippen LogP contribution in [0.25, 0.3) is 67.3 Å². The molecule has 0 fully saturated rings. The molecule has 164 valence electrons. The number of para-hydroxylation sites is 1. The number of fused-ring (bicyclic) bond motifs is 6. The summed E-state index contributed by atoms with van der Waals surface area (Å²) in [6.45, 7) is 4.32. The first-order valence-electron chi connectivity index (χ1n) is 11.9. The van der Waals surface area contributed by atoms with Gasteiger partial charge in [-0.05, 0) is 91.4 Å². The molecule has 0 atom stereocenters. The SMILES string of the molecule is Cc1cc(-c2cccc(-c3cc(C)cc4c3oc3ccccc34)c2)c2oc3c(c2c1)=CCCC=3. The molecule has 0 spiro atoms. The minimum absolute atomic E-state index is 0.926. The highest BCUT2D eigenvalue weighted by atomic mass is 16.3. The molecule has 2 aromatic heterocycles. The largest absolute Gasteiger partial charge is 0.456 e. The fourth-order valence-electron chi connectivity index (χ4n) is 5.44.